The number of likely N-dealkylation sites (N-methyl/N-ethyl adjacent to an activating group) is 2. The van der Waals surface area contributed by atoms with Crippen molar-refractivity contribution in [3.63, 3.8) is 0 Å². The maximum Gasteiger partial charge on any atom is 0.134 e. The minimum Gasteiger partial charge on any atom is -0.323 e. The highest BCUT2D eigenvalue weighted by Gasteiger charge is 2.36. The summed E-state index contributed by atoms with van der Waals surface area (Å²) >= 11 is 0. The van der Waals surface area contributed by atoms with Gasteiger partial charge in [0, 0.05) is 5.56 Å². The van der Waals surface area contributed by atoms with Gasteiger partial charge in [-0.15, -0.1) is 0 Å². The summed E-state index contributed by atoms with van der Waals surface area (Å²) in [6.45, 7) is 0. The number of hydrogen-bond acceptors (Lipinski definition) is 1. The first-order valence-corrected chi connectivity index (χ1v) is 7.48. The summed E-state index contributed by atoms with van der Waals surface area (Å²) in [6, 6.07) is 22.4. The monoisotopic (exact) mass is 283 g/mol. The van der Waals surface area contributed by atoms with Gasteiger partial charge in [-0.1, -0.05) is 60.7 Å². The van der Waals surface area contributed by atoms with E-state index in [9.17, 15) is 0 Å². The second-order valence-corrected chi connectivity index (χ2v) is 6.79. The van der Waals surface area contributed by atoms with E-state index in [1.165, 1.54) is 11.1 Å². The largest absolute Gasteiger partial charge is 0.323 e. The Morgan fingerprint density at radius 3 is 1.52 bits per heavy atom. The highest BCUT2D eigenvalue weighted by atomic mass is 15.3. The molecule has 2 heteroatoms. The fourth-order valence-corrected chi connectivity index (χ4v) is 3.12. The first kappa shape index (κ1) is 15.7. The Morgan fingerprint density at radius 2 is 1.14 bits per heavy atom. The summed E-state index contributed by atoms with van der Waals surface area (Å²) in [5.41, 5.74) is 2.75. The average molecular weight is 283 g/mol. The molecule has 112 valence electrons. The molecule has 2 aromatic carbocycles. The lowest BCUT2D eigenvalue weighted by atomic mass is 9.90. The lowest BCUT2D eigenvalue weighted by molar-refractivity contribution is -0.905. The van der Waals surface area contributed by atoms with Crippen molar-refractivity contribution in [2.24, 2.45) is 0 Å². The third-order valence-corrected chi connectivity index (χ3v) is 3.97. The highest BCUT2D eigenvalue weighted by molar-refractivity contribution is 5.26. The summed E-state index contributed by atoms with van der Waals surface area (Å²) in [5, 5.41) is 0. The number of rotatable bonds is 5. The fourth-order valence-electron chi connectivity index (χ4n) is 3.12. The van der Waals surface area contributed by atoms with Gasteiger partial charge < -0.3 is 4.48 Å². The summed E-state index contributed by atoms with van der Waals surface area (Å²) in [5.74, 6) is 0. The summed E-state index contributed by atoms with van der Waals surface area (Å²) < 4.78 is 0.891. The maximum atomic E-state index is 2.33. The Morgan fingerprint density at radius 1 is 0.714 bits per heavy atom. The van der Waals surface area contributed by atoms with E-state index in [4.69, 9.17) is 0 Å². The first-order valence-electron chi connectivity index (χ1n) is 7.48. The molecule has 21 heavy (non-hydrogen) atoms. The van der Waals surface area contributed by atoms with Crippen LogP contribution in [0.1, 0.15) is 23.2 Å². The molecule has 0 aliphatic carbocycles. The molecule has 0 amide bonds. The molecule has 2 rings (SSSR count). The van der Waals surface area contributed by atoms with Crippen LogP contribution in [-0.4, -0.2) is 44.6 Å². The van der Waals surface area contributed by atoms with E-state index < -0.39 is 0 Å². The predicted molar refractivity (Wildman–Crippen MR) is 90.1 cm³/mol. The molecule has 2 nitrogen and oxygen atoms in total. The van der Waals surface area contributed by atoms with Gasteiger partial charge in [0.25, 0.3) is 0 Å². The van der Waals surface area contributed by atoms with E-state index in [1.54, 1.807) is 0 Å². The minimum absolute atomic E-state index is 0.341. The molecule has 0 spiro atoms. The minimum atomic E-state index is 0.341. The van der Waals surface area contributed by atoms with E-state index in [0.29, 0.717) is 12.1 Å². The topological polar surface area (TPSA) is 3.24 Å². The molecule has 0 N–H and O–H groups in total. The van der Waals surface area contributed by atoms with Crippen molar-refractivity contribution in [2.45, 2.75) is 12.1 Å². The van der Waals surface area contributed by atoms with Crippen LogP contribution in [0, 0.1) is 0 Å². The van der Waals surface area contributed by atoms with Crippen LogP contribution in [-0.2, 0) is 0 Å². The SMILES string of the molecule is CN(C)[C@H](c1ccccc1)C(c1ccccc1)[N+](C)(C)C. The second-order valence-electron chi connectivity index (χ2n) is 6.79. The maximum absolute atomic E-state index is 2.33. The molecular weight excluding hydrogens is 256 g/mol. The van der Waals surface area contributed by atoms with Gasteiger partial charge in [-0.3, -0.25) is 4.90 Å². The van der Waals surface area contributed by atoms with Crippen LogP contribution in [0.2, 0.25) is 0 Å². The summed E-state index contributed by atoms with van der Waals surface area (Å²) in [7, 11) is 11.2. The molecule has 0 aromatic heterocycles. The number of hydrogen-bond donors (Lipinski definition) is 0. The van der Waals surface area contributed by atoms with Gasteiger partial charge in [-0.2, -0.15) is 0 Å². The Labute approximate surface area is 129 Å². The average Bonchev–Trinajstić information content (AvgIpc) is 2.44. The van der Waals surface area contributed by atoms with E-state index in [1.807, 2.05) is 0 Å². The predicted octanol–water partition coefficient (Wildman–Crippen LogP) is 3.74. The van der Waals surface area contributed by atoms with Crippen molar-refractivity contribution in [2.75, 3.05) is 35.2 Å². The summed E-state index contributed by atoms with van der Waals surface area (Å²) in [4.78, 5) is 2.33. The Bertz CT molecular complexity index is 541. The van der Waals surface area contributed by atoms with Crippen LogP contribution >= 0.6 is 0 Å². The van der Waals surface area contributed by atoms with Gasteiger partial charge >= 0.3 is 0 Å². The van der Waals surface area contributed by atoms with Gasteiger partial charge in [0.1, 0.15) is 6.04 Å². The lowest BCUT2D eigenvalue weighted by Gasteiger charge is -2.42. The van der Waals surface area contributed by atoms with E-state index in [2.05, 4.69) is 101 Å². The Kier molecular flexibility index (Phi) is 4.81. The summed E-state index contributed by atoms with van der Waals surface area (Å²) in [6.07, 6.45) is 0. The zero-order valence-corrected chi connectivity index (χ0v) is 13.8. The van der Waals surface area contributed by atoms with Gasteiger partial charge in [-0.05, 0) is 19.7 Å². The van der Waals surface area contributed by atoms with Crippen LogP contribution in [0.3, 0.4) is 0 Å². The van der Waals surface area contributed by atoms with Crippen LogP contribution in [0.15, 0.2) is 60.7 Å². The molecular formula is C19H27N2+. The second kappa shape index (κ2) is 6.42. The zero-order valence-electron chi connectivity index (χ0n) is 13.8. The fraction of sp³-hybridized carbons (Fsp3) is 0.368. The molecule has 0 aliphatic heterocycles. The Balaban J connectivity index is 2.52. The van der Waals surface area contributed by atoms with Crippen molar-refractivity contribution < 1.29 is 4.48 Å². The number of quaternary nitrogens is 1. The standard InChI is InChI=1S/C19H27N2/c1-20(2)18(16-12-8-6-9-13-16)19(21(3,4)5)17-14-10-7-11-15-17/h6-15,18-19H,1-5H3/q+1/t18-,19?/m1/s1. The molecule has 0 heterocycles. The molecule has 2 atom stereocenters. The molecule has 0 saturated carbocycles. The van der Waals surface area contributed by atoms with Crippen molar-refractivity contribution in [1.82, 2.24) is 4.90 Å². The third-order valence-electron chi connectivity index (χ3n) is 3.97. The number of benzene rings is 2. The molecule has 0 radical (unpaired) electrons. The zero-order chi connectivity index (χ0) is 15.5. The highest BCUT2D eigenvalue weighted by Crippen LogP contribution is 2.38. The van der Waals surface area contributed by atoms with Gasteiger partial charge in [0.2, 0.25) is 0 Å². The van der Waals surface area contributed by atoms with Crippen molar-refractivity contribution in [3.8, 4) is 0 Å². The van der Waals surface area contributed by atoms with E-state index in [-0.39, 0.29) is 0 Å². The Hall–Kier alpha value is -1.64. The van der Waals surface area contributed by atoms with E-state index in [0.717, 1.165) is 4.48 Å². The van der Waals surface area contributed by atoms with Gasteiger partial charge in [-0.25, -0.2) is 0 Å². The normalized spacial score (nSPS) is 15.0. The molecule has 1 unspecified atom stereocenters. The van der Waals surface area contributed by atoms with Crippen LogP contribution in [0.5, 0.6) is 0 Å². The third kappa shape index (κ3) is 3.72. The van der Waals surface area contributed by atoms with Gasteiger partial charge in [0.15, 0.2) is 0 Å². The quantitative estimate of drug-likeness (QED) is 0.756. The van der Waals surface area contributed by atoms with Crippen molar-refractivity contribution in [3.05, 3.63) is 71.8 Å². The molecule has 0 saturated heterocycles. The van der Waals surface area contributed by atoms with Crippen molar-refractivity contribution in [1.29, 1.82) is 0 Å². The van der Waals surface area contributed by atoms with Crippen molar-refractivity contribution >= 4 is 0 Å². The molecule has 0 fully saturated rings. The van der Waals surface area contributed by atoms with Crippen LogP contribution in [0.25, 0.3) is 0 Å². The van der Waals surface area contributed by atoms with Gasteiger partial charge in [0.05, 0.1) is 27.2 Å². The molecule has 2 aromatic rings. The van der Waals surface area contributed by atoms with E-state index >= 15 is 0 Å². The lowest BCUT2D eigenvalue weighted by Crippen LogP contribution is -2.45. The number of nitrogens with zero attached hydrogens (tertiary/aromatic N) is 2. The molecule has 0 bridgehead atoms. The molecule has 0 aliphatic rings. The van der Waals surface area contributed by atoms with Crippen LogP contribution < -0.4 is 0 Å². The smallest absolute Gasteiger partial charge is 0.134 e. The first-order chi connectivity index (χ1) is 9.91. The van der Waals surface area contributed by atoms with Crippen LogP contribution in [0.4, 0.5) is 0 Å².